The number of rotatable bonds is 3. The second kappa shape index (κ2) is 6.93. The minimum absolute atomic E-state index is 0.0391. The van der Waals surface area contributed by atoms with Gasteiger partial charge in [-0.05, 0) is 43.2 Å². The summed E-state index contributed by atoms with van der Waals surface area (Å²) >= 11 is 0. The Morgan fingerprint density at radius 2 is 1.84 bits per heavy atom. The normalized spacial score (nSPS) is 16.0. The Balaban J connectivity index is 2.09. The summed E-state index contributed by atoms with van der Waals surface area (Å²) in [7, 11) is 0. The van der Waals surface area contributed by atoms with E-state index in [1.165, 1.54) is 0 Å². The third kappa shape index (κ3) is 3.20. The second-order valence-corrected chi connectivity index (χ2v) is 6.05. The molecule has 0 spiro atoms. The molecule has 4 nitrogen and oxygen atoms in total. The van der Waals surface area contributed by atoms with Crippen molar-refractivity contribution in [2.24, 2.45) is 0 Å². The van der Waals surface area contributed by atoms with E-state index in [0.717, 1.165) is 22.4 Å². The number of fused-ring (bicyclic) bond motifs is 1. The molecule has 0 bridgehead atoms. The third-order valence-electron chi connectivity index (χ3n) is 4.36. The van der Waals surface area contributed by atoms with Crippen molar-refractivity contribution >= 4 is 23.1 Å². The Hall–Kier alpha value is -2.88. The van der Waals surface area contributed by atoms with Gasteiger partial charge in [0.15, 0.2) is 0 Å². The van der Waals surface area contributed by atoms with E-state index in [2.05, 4.69) is 6.08 Å². The molecule has 1 amide bonds. The number of carbonyl (C=O) groups excluding carboxylic acids is 2. The molecule has 4 heteroatoms. The number of anilines is 1. The lowest BCUT2D eigenvalue weighted by atomic mass is 9.91. The molecule has 2 aromatic rings. The van der Waals surface area contributed by atoms with Crippen molar-refractivity contribution in [3.05, 3.63) is 71.3 Å². The highest BCUT2D eigenvalue weighted by atomic mass is 16.5. The van der Waals surface area contributed by atoms with Crippen LogP contribution in [0.15, 0.2) is 54.6 Å². The highest BCUT2D eigenvalue weighted by Crippen LogP contribution is 2.40. The molecular formula is C21H21NO3. The quantitative estimate of drug-likeness (QED) is 0.782. The molecule has 0 N–H and O–H groups in total. The zero-order chi connectivity index (χ0) is 18.0. The SMILES string of the molecule is CCOC(=O)c1ccc2c(c1)C(C)=C[C@H](c1ccccc1)N2C(C)=O. The lowest BCUT2D eigenvalue weighted by Crippen LogP contribution is -2.35. The Bertz CT molecular complexity index is 839. The Morgan fingerprint density at radius 3 is 2.48 bits per heavy atom. The van der Waals surface area contributed by atoms with Gasteiger partial charge in [0.1, 0.15) is 0 Å². The summed E-state index contributed by atoms with van der Waals surface area (Å²) in [6.07, 6.45) is 2.06. The average Bonchev–Trinajstić information content (AvgIpc) is 2.62. The highest BCUT2D eigenvalue weighted by molar-refractivity contribution is 6.00. The molecule has 1 atom stereocenters. The fraction of sp³-hybridized carbons (Fsp3) is 0.238. The maximum absolute atomic E-state index is 12.4. The Morgan fingerprint density at radius 1 is 1.12 bits per heavy atom. The van der Waals surface area contributed by atoms with Gasteiger partial charge in [-0.2, -0.15) is 0 Å². The minimum Gasteiger partial charge on any atom is -0.462 e. The van der Waals surface area contributed by atoms with Gasteiger partial charge in [-0.25, -0.2) is 4.79 Å². The molecule has 0 fully saturated rings. The van der Waals surface area contributed by atoms with Crippen LogP contribution in [0.5, 0.6) is 0 Å². The summed E-state index contributed by atoms with van der Waals surface area (Å²) in [5, 5.41) is 0. The van der Waals surface area contributed by atoms with Gasteiger partial charge in [0.2, 0.25) is 5.91 Å². The van der Waals surface area contributed by atoms with Gasteiger partial charge < -0.3 is 9.64 Å². The summed E-state index contributed by atoms with van der Waals surface area (Å²) in [5.74, 6) is -0.389. The van der Waals surface area contributed by atoms with Gasteiger partial charge in [0.05, 0.1) is 23.9 Å². The van der Waals surface area contributed by atoms with Crippen molar-refractivity contribution in [2.75, 3.05) is 11.5 Å². The molecule has 0 aliphatic carbocycles. The lowest BCUT2D eigenvalue weighted by Gasteiger charge is -2.35. The molecule has 0 saturated heterocycles. The third-order valence-corrected chi connectivity index (χ3v) is 4.36. The number of carbonyl (C=O) groups is 2. The highest BCUT2D eigenvalue weighted by Gasteiger charge is 2.29. The number of amides is 1. The zero-order valence-corrected chi connectivity index (χ0v) is 14.7. The largest absolute Gasteiger partial charge is 0.462 e. The standard InChI is InChI=1S/C21H21NO3/c1-4-25-21(24)17-10-11-19-18(13-17)14(2)12-20(22(19)15(3)23)16-8-6-5-7-9-16/h5-13,20H,4H2,1-3H3/t20-/m1/s1. The maximum atomic E-state index is 12.4. The van der Waals surface area contributed by atoms with E-state index in [-0.39, 0.29) is 17.9 Å². The molecule has 0 radical (unpaired) electrons. The predicted octanol–water partition coefficient (Wildman–Crippen LogP) is 4.37. The molecule has 128 valence electrons. The van der Waals surface area contributed by atoms with E-state index in [4.69, 9.17) is 4.74 Å². The summed E-state index contributed by atoms with van der Waals surface area (Å²) in [6, 6.07) is 15.1. The van der Waals surface area contributed by atoms with E-state index in [1.54, 1.807) is 30.9 Å². The average molecular weight is 335 g/mol. The fourth-order valence-corrected chi connectivity index (χ4v) is 3.22. The number of hydrogen-bond acceptors (Lipinski definition) is 3. The molecule has 2 aromatic carbocycles. The van der Waals surface area contributed by atoms with Crippen molar-refractivity contribution in [2.45, 2.75) is 26.8 Å². The summed E-state index contributed by atoms with van der Waals surface area (Å²) in [5.41, 5.74) is 4.28. The number of ether oxygens (including phenoxy) is 1. The first-order valence-electron chi connectivity index (χ1n) is 8.37. The summed E-state index contributed by atoms with van der Waals surface area (Å²) in [6.45, 7) is 5.68. The number of hydrogen-bond donors (Lipinski definition) is 0. The van der Waals surface area contributed by atoms with Crippen LogP contribution in [0.3, 0.4) is 0 Å². The van der Waals surface area contributed by atoms with E-state index in [9.17, 15) is 9.59 Å². The van der Waals surface area contributed by atoms with Crippen LogP contribution in [0, 0.1) is 0 Å². The van der Waals surface area contributed by atoms with E-state index < -0.39 is 0 Å². The van der Waals surface area contributed by atoms with Crippen LogP contribution in [0.4, 0.5) is 5.69 Å². The lowest BCUT2D eigenvalue weighted by molar-refractivity contribution is -0.116. The number of esters is 1. The topological polar surface area (TPSA) is 46.6 Å². The molecule has 1 aliphatic rings. The van der Waals surface area contributed by atoms with Crippen LogP contribution in [-0.4, -0.2) is 18.5 Å². The minimum atomic E-state index is -0.349. The van der Waals surface area contributed by atoms with Crippen molar-refractivity contribution in [1.29, 1.82) is 0 Å². The molecule has 25 heavy (non-hydrogen) atoms. The van der Waals surface area contributed by atoms with Crippen LogP contribution >= 0.6 is 0 Å². The van der Waals surface area contributed by atoms with E-state index in [0.29, 0.717) is 12.2 Å². The van der Waals surface area contributed by atoms with Crippen LogP contribution < -0.4 is 4.90 Å². The number of benzene rings is 2. The van der Waals surface area contributed by atoms with Gasteiger partial charge in [0, 0.05) is 12.5 Å². The van der Waals surface area contributed by atoms with Crippen molar-refractivity contribution in [1.82, 2.24) is 0 Å². The fourth-order valence-electron chi connectivity index (χ4n) is 3.22. The zero-order valence-electron chi connectivity index (χ0n) is 14.7. The van der Waals surface area contributed by atoms with Crippen molar-refractivity contribution in [3.63, 3.8) is 0 Å². The number of nitrogens with zero attached hydrogens (tertiary/aromatic N) is 1. The van der Waals surface area contributed by atoms with E-state index in [1.807, 2.05) is 43.3 Å². The van der Waals surface area contributed by atoms with Crippen LogP contribution in [0.2, 0.25) is 0 Å². The van der Waals surface area contributed by atoms with Crippen LogP contribution in [-0.2, 0) is 9.53 Å². The van der Waals surface area contributed by atoms with Gasteiger partial charge in [-0.3, -0.25) is 4.79 Å². The molecule has 3 rings (SSSR count). The summed E-state index contributed by atoms with van der Waals surface area (Å²) < 4.78 is 5.08. The van der Waals surface area contributed by atoms with Crippen molar-refractivity contribution < 1.29 is 14.3 Å². The Labute approximate surface area is 147 Å². The van der Waals surface area contributed by atoms with Crippen molar-refractivity contribution in [3.8, 4) is 0 Å². The first kappa shape index (κ1) is 17.0. The van der Waals surface area contributed by atoms with Gasteiger partial charge in [-0.1, -0.05) is 36.4 Å². The molecule has 1 heterocycles. The molecule has 1 aliphatic heterocycles. The maximum Gasteiger partial charge on any atom is 0.338 e. The van der Waals surface area contributed by atoms with Crippen LogP contribution in [0.25, 0.3) is 5.57 Å². The molecule has 0 aromatic heterocycles. The monoisotopic (exact) mass is 335 g/mol. The second-order valence-electron chi connectivity index (χ2n) is 6.05. The summed E-state index contributed by atoms with van der Waals surface area (Å²) in [4.78, 5) is 26.2. The van der Waals surface area contributed by atoms with E-state index >= 15 is 0 Å². The predicted molar refractivity (Wildman–Crippen MR) is 98.4 cm³/mol. The molecule has 0 unspecified atom stereocenters. The molecule has 0 saturated carbocycles. The first-order valence-corrected chi connectivity index (χ1v) is 8.37. The smallest absolute Gasteiger partial charge is 0.338 e. The van der Waals surface area contributed by atoms with Gasteiger partial charge in [0.25, 0.3) is 0 Å². The molecular weight excluding hydrogens is 314 g/mol. The van der Waals surface area contributed by atoms with Crippen LogP contribution in [0.1, 0.15) is 48.3 Å². The number of allylic oxidation sites excluding steroid dienone is 1. The van der Waals surface area contributed by atoms with Gasteiger partial charge >= 0.3 is 5.97 Å². The first-order chi connectivity index (χ1) is 12.0. The Kier molecular flexibility index (Phi) is 4.70. The van der Waals surface area contributed by atoms with Gasteiger partial charge in [-0.15, -0.1) is 0 Å².